The third-order valence-corrected chi connectivity index (χ3v) is 7.92. The topological polar surface area (TPSA) is 115 Å². The standard InChI is InChI=1S/C19H22N4O5S2.HI/c1-8-12(15(19(27)28)23-14(8)13(9(2)24)16(23)26)10-5-21-7-22(6-11(25)20-3)17(29-4)18(21)30-10;/h5,7-9,13-14,24H,6H2,1-4H3,(H-,20,25,27,28);1H/t8-,9+,13+,14+;/m0./s1. The molecule has 0 spiro atoms. The molecule has 4 rings (SSSR count). The molecule has 31 heavy (non-hydrogen) atoms. The van der Waals surface area contributed by atoms with Crippen LogP contribution in [0, 0.1) is 11.8 Å². The molecule has 1 fully saturated rings. The van der Waals surface area contributed by atoms with Crippen LogP contribution < -0.4 is 33.9 Å². The number of amides is 2. The molecule has 0 radical (unpaired) electrons. The summed E-state index contributed by atoms with van der Waals surface area (Å²) < 4.78 is 3.74. The Morgan fingerprint density at radius 3 is 2.65 bits per heavy atom. The summed E-state index contributed by atoms with van der Waals surface area (Å²) in [5, 5.41) is 23.4. The van der Waals surface area contributed by atoms with E-state index in [1.165, 1.54) is 28.0 Å². The first kappa shape index (κ1) is 24.0. The van der Waals surface area contributed by atoms with Crippen molar-refractivity contribution in [1.29, 1.82) is 0 Å². The second-order valence-corrected chi connectivity index (χ2v) is 9.38. The Hall–Kier alpha value is -1.64. The lowest BCUT2D eigenvalue weighted by molar-refractivity contribution is -0.717. The first-order valence-corrected chi connectivity index (χ1v) is 11.5. The third-order valence-electron chi connectivity index (χ3n) is 5.83. The van der Waals surface area contributed by atoms with Crippen LogP contribution >= 0.6 is 23.1 Å². The van der Waals surface area contributed by atoms with Crippen LogP contribution in [0.25, 0.3) is 10.4 Å². The number of carboxylic acids is 1. The fraction of sp³-hybridized carbons (Fsp3) is 0.474. The van der Waals surface area contributed by atoms with Crippen molar-refractivity contribution < 1.29 is 53.1 Å². The highest BCUT2D eigenvalue weighted by Gasteiger charge is 2.60. The molecule has 0 aliphatic carbocycles. The number of likely N-dealkylation sites (N-methyl/N-ethyl adjacent to an activating group) is 1. The van der Waals surface area contributed by atoms with Gasteiger partial charge in [-0.2, -0.15) is 4.40 Å². The fourth-order valence-corrected chi connectivity index (χ4v) is 6.68. The lowest BCUT2D eigenvalue weighted by atomic mass is 9.77. The molecule has 0 aromatic carbocycles. The molecule has 4 heterocycles. The number of fused-ring (bicyclic) bond motifs is 2. The van der Waals surface area contributed by atoms with Crippen molar-refractivity contribution in [3.8, 4) is 0 Å². The van der Waals surface area contributed by atoms with Crippen molar-refractivity contribution in [2.75, 3.05) is 13.3 Å². The van der Waals surface area contributed by atoms with Gasteiger partial charge in [0.05, 0.1) is 22.9 Å². The Labute approximate surface area is 204 Å². The van der Waals surface area contributed by atoms with Gasteiger partial charge in [0, 0.05) is 18.5 Å². The zero-order valence-corrected chi connectivity index (χ0v) is 21.1. The van der Waals surface area contributed by atoms with Crippen LogP contribution in [0.2, 0.25) is 0 Å². The van der Waals surface area contributed by atoms with Crippen LogP contribution in [0.15, 0.2) is 23.2 Å². The van der Waals surface area contributed by atoms with Gasteiger partial charge in [-0.05, 0) is 13.2 Å². The molecule has 2 amide bonds. The second-order valence-electron chi connectivity index (χ2n) is 7.55. The van der Waals surface area contributed by atoms with E-state index >= 15 is 0 Å². The summed E-state index contributed by atoms with van der Waals surface area (Å²) in [5.41, 5.74) is 0.616. The summed E-state index contributed by atoms with van der Waals surface area (Å²) in [6, 6.07) is -0.349. The number of nitrogens with zero attached hydrogens (tertiary/aromatic N) is 3. The first-order valence-electron chi connectivity index (χ1n) is 9.48. The van der Waals surface area contributed by atoms with Crippen LogP contribution in [-0.2, 0) is 20.9 Å². The number of aliphatic hydroxyl groups excluding tert-OH is 1. The molecule has 0 bridgehead atoms. The van der Waals surface area contributed by atoms with E-state index in [4.69, 9.17) is 0 Å². The normalized spacial score (nSPS) is 23.5. The third kappa shape index (κ3) is 3.56. The fourth-order valence-electron chi connectivity index (χ4n) is 4.50. The Balaban J connectivity index is 0.00000272. The van der Waals surface area contributed by atoms with Crippen LogP contribution in [0.1, 0.15) is 18.7 Å². The van der Waals surface area contributed by atoms with E-state index in [1.54, 1.807) is 14.0 Å². The van der Waals surface area contributed by atoms with Crippen LogP contribution in [-0.4, -0.2) is 62.7 Å². The molecule has 2 aromatic rings. The van der Waals surface area contributed by atoms with Crippen molar-refractivity contribution in [3.63, 3.8) is 0 Å². The minimum absolute atomic E-state index is 0. The number of carboxylic acid groups (broad SMARTS) is 1. The average Bonchev–Trinajstić information content (AvgIpc) is 3.28. The van der Waals surface area contributed by atoms with E-state index in [1.807, 2.05) is 34.7 Å². The molecule has 12 heteroatoms. The number of imidazole rings is 1. The molecule has 1 saturated heterocycles. The zero-order chi connectivity index (χ0) is 21.9. The van der Waals surface area contributed by atoms with E-state index in [-0.39, 0.29) is 60.0 Å². The van der Waals surface area contributed by atoms with Gasteiger partial charge in [-0.3, -0.25) is 9.59 Å². The van der Waals surface area contributed by atoms with Crippen molar-refractivity contribution in [1.82, 2.24) is 14.6 Å². The number of aliphatic carboxylic acids is 1. The van der Waals surface area contributed by atoms with E-state index in [0.29, 0.717) is 5.57 Å². The summed E-state index contributed by atoms with van der Waals surface area (Å²) in [6.45, 7) is 3.66. The Morgan fingerprint density at radius 2 is 2.10 bits per heavy atom. The first-order chi connectivity index (χ1) is 14.2. The predicted molar refractivity (Wildman–Crippen MR) is 111 cm³/mol. The number of thioether (sulfide) groups is 1. The number of halogens is 1. The summed E-state index contributed by atoms with van der Waals surface area (Å²) in [6.07, 6.45) is 4.76. The van der Waals surface area contributed by atoms with Crippen molar-refractivity contribution >= 4 is 51.3 Å². The molecule has 3 N–H and O–H groups in total. The monoisotopic (exact) mass is 578 g/mol. The number of β-lactam (4-membered cyclic amide) rings is 1. The van der Waals surface area contributed by atoms with Gasteiger partial charge in [0.1, 0.15) is 11.9 Å². The summed E-state index contributed by atoms with van der Waals surface area (Å²) in [4.78, 5) is 39.4. The molecule has 9 nitrogen and oxygen atoms in total. The smallest absolute Gasteiger partial charge is 0.352 e. The van der Waals surface area contributed by atoms with Gasteiger partial charge in [-0.25, -0.2) is 9.36 Å². The van der Waals surface area contributed by atoms with Gasteiger partial charge in [-0.15, -0.1) is 0 Å². The summed E-state index contributed by atoms with van der Waals surface area (Å²) in [7, 11) is 1.59. The highest BCUT2D eigenvalue weighted by Crippen LogP contribution is 2.51. The molecule has 2 aliphatic heterocycles. The largest absolute Gasteiger partial charge is 1.00 e. The Bertz CT molecular complexity index is 1110. The molecule has 0 saturated carbocycles. The van der Waals surface area contributed by atoms with E-state index in [2.05, 4.69) is 5.32 Å². The Morgan fingerprint density at radius 1 is 1.42 bits per heavy atom. The second kappa shape index (κ2) is 8.71. The maximum atomic E-state index is 12.5. The van der Waals surface area contributed by atoms with E-state index in [9.17, 15) is 24.6 Å². The number of nitrogens with one attached hydrogen (secondary N) is 1. The van der Waals surface area contributed by atoms with Crippen LogP contribution in [0.3, 0.4) is 0 Å². The van der Waals surface area contributed by atoms with Crippen LogP contribution in [0.4, 0.5) is 0 Å². The molecule has 0 unspecified atom stereocenters. The average molecular weight is 578 g/mol. The molecule has 4 atom stereocenters. The van der Waals surface area contributed by atoms with Gasteiger partial charge in [0.25, 0.3) is 12.2 Å². The van der Waals surface area contributed by atoms with Gasteiger partial charge in [-0.1, -0.05) is 30.0 Å². The number of carbonyl (C=O) groups is 3. The number of rotatable bonds is 6. The highest BCUT2D eigenvalue weighted by atomic mass is 127. The van der Waals surface area contributed by atoms with Crippen molar-refractivity contribution in [3.05, 3.63) is 23.1 Å². The minimum atomic E-state index is -1.14. The molecule has 2 aliphatic rings. The van der Waals surface area contributed by atoms with Gasteiger partial charge < -0.3 is 44.4 Å². The lowest BCUT2D eigenvalue weighted by Crippen LogP contribution is -3.00. The van der Waals surface area contributed by atoms with Crippen LogP contribution in [0.5, 0.6) is 0 Å². The number of thiazole rings is 1. The van der Waals surface area contributed by atoms with Crippen molar-refractivity contribution in [2.24, 2.45) is 11.8 Å². The Kier molecular flexibility index (Phi) is 6.75. The lowest BCUT2D eigenvalue weighted by Gasteiger charge is -2.46. The number of aliphatic hydroxyl groups is 1. The predicted octanol–water partition coefficient (Wildman–Crippen LogP) is -2.59. The summed E-state index contributed by atoms with van der Waals surface area (Å²) in [5.74, 6) is -2.40. The molecule has 2 aromatic heterocycles. The highest BCUT2D eigenvalue weighted by molar-refractivity contribution is 7.98. The molecular formula is C19H23IN4O5S2. The number of hydrogen-bond donors (Lipinski definition) is 3. The maximum Gasteiger partial charge on any atom is 0.352 e. The molecule has 168 valence electrons. The van der Waals surface area contributed by atoms with E-state index < -0.39 is 18.0 Å². The van der Waals surface area contributed by atoms with E-state index in [0.717, 1.165) is 14.7 Å². The number of aromatic nitrogens is 2. The van der Waals surface area contributed by atoms with Gasteiger partial charge in [0.15, 0.2) is 6.54 Å². The minimum Gasteiger partial charge on any atom is -1.00 e. The van der Waals surface area contributed by atoms with Crippen molar-refractivity contribution in [2.45, 2.75) is 37.6 Å². The van der Waals surface area contributed by atoms with Gasteiger partial charge in [0.2, 0.25) is 15.8 Å². The maximum absolute atomic E-state index is 12.5. The SMILES string of the molecule is CNC(=O)C[n+]1cn2cc(C3=C(C(=O)O)N4C(=O)[C@H]([C@@H](C)O)[C@H]4[C@H]3C)sc2c1SC.[I-]. The quantitative estimate of drug-likeness (QED) is 0.150. The summed E-state index contributed by atoms with van der Waals surface area (Å²) >= 11 is 2.95. The number of hydrogen-bond acceptors (Lipinski definition) is 6. The zero-order valence-electron chi connectivity index (χ0n) is 17.3. The number of carbonyl (C=O) groups excluding carboxylic acids is 2. The molecular weight excluding hydrogens is 555 g/mol. The van der Waals surface area contributed by atoms with Gasteiger partial charge >= 0.3 is 5.97 Å².